The first-order valence-electron chi connectivity index (χ1n) is 8.67. The van der Waals surface area contributed by atoms with Crippen LogP contribution in [0.5, 0.6) is 17.2 Å². The topological polar surface area (TPSA) is 60.0 Å². The Morgan fingerprint density at radius 1 is 1.11 bits per heavy atom. The van der Waals surface area contributed by atoms with Gasteiger partial charge in [-0.05, 0) is 30.7 Å². The number of hydrogen-bond donors (Lipinski definition) is 1. The van der Waals surface area contributed by atoms with Gasteiger partial charge in [-0.1, -0.05) is 23.7 Å². The van der Waals surface area contributed by atoms with E-state index in [0.717, 1.165) is 17.7 Å². The van der Waals surface area contributed by atoms with Crippen molar-refractivity contribution in [2.24, 2.45) is 0 Å². The molecule has 0 aliphatic carbocycles. The van der Waals surface area contributed by atoms with Crippen LogP contribution in [-0.4, -0.2) is 45.3 Å². The van der Waals surface area contributed by atoms with Crippen molar-refractivity contribution in [1.29, 1.82) is 0 Å². The van der Waals surface area contributed by atoms with Crippen molar-refractivity contribution in [2.45, 2.75) is 12.3 Å². The zero-order valence-electron chi connectivity index (χ0n) is 15.6. The Kier molecular flexibility index (Phi) is 5.96. The van der Waals surface area contributed by atoms with Crippen molar-refractivity contribution in [3.8, 4) is 17.2 Å². The molecule has 1 unspecified atom stereocenters. The lowest BCUT2D eigenvalue weighted by molar-refractivity contribution is 0.222. The fourth-order valence-electron chi connectivity index (χ4n) is 3.38. The third-order valence-corrected chi connectivity index (χ3v) is 5.05. The van der Waals surface area contributed by atoms with Gasteiger partial charge in [0.15, 0.2) is 11.5 Å². The summed E-state index contributed by atoms with van der Waals surface area (Å²) in [5, 5.41) is 3.34. The molecule has 144 valence electrons. The standard InChI is InChI=1S/C20H23ClN2O4/c1-25-17-8-7-14(11-16(17)21)22-20(24)23-10-9-13(12-23)15-5-4-6-18(26-2)19(15)27-3/h4-8,11,13H,9-10,12H2,1-3H3,(H,22,24). The van der Waals surface area contributed by atoms with Crippen LogP contribution < -0.4 is 19.5 Å². The monoisotopic (exact) mass is 390 g/mol. The Morgan fingerprint density at radius 3 is 2.56 bits per heavy atom. The van der Waals surface area contributed by atoms with Gasteiger partial charge < -0.3 is 24.4 Å². The van der Waals surface area contributed by atoms with Gasteiger partial charge in [-0.25, -0.2) is 4.79 Å². The number of rotatable bonds is 5. The van der Waals surface area contributed by atoms with Gasteiger partial charge in [-0.15, -0.1) is 0 Å². The lowest BCUT2D eigenvalue weighted by Gasteiger charge is -2.19. The normalized spacial score (nSPS) is 16.1. The maximum atomic E-state index is 12.6. The molecule has 2 aromatic rings. The first-order valence-corrected chi connectivity index (χ1v) is 9.05. The molecule has 7 heteroatoms. The van der Waals surface area contributed by atoms with E-state index >= 15 is 0 Å². The average molecular weight is 391 g/mol. The number of methoxy groups -OCH3 is 3. The molecular weight excluding hydrogens is 368 g/mol. The molecular formula is C20H23ClN2O4. The van der Waals surface area contributed by atoms with Crippen molar-refractivity contribution < 1.29 is 19.0 Å². The molecule has 6 nitrogen and oxygen atoms in total. The van der Waals surface area contributed by atoms with Crippen molar-refractivity contribution in [2.75, 3.05) is 39.7 Å². The molecule has 1 saturated heterocycles. The number of halogens is 1. The van der Waals surface area contributed by atoms with Crippen molar-refractivity contribution in [3.63, 3.8) is 0 Å². The average Bonchev–Trinajstić information content (AvgIpc) is 3.17. The fraction of sp³-hybridized carbons (Fsp3) is 0.350. The second-order valence-corrected chi connectivity index (χ2v) is 6.70. The van der Waals surface area contributed by atoms with Crippen LogP contribution in [-0.2, 0) is 0 Å². The van der Waals surface area contributed by atoms with Crippen LogP contribution in [0.1, 0.15) is 17.9 Å². The number of anilines is 1. The van der Waals surface area contributed by atoms with Crippen LogP contribution >= 0.6 is 11.6 Å². The molecule has 2 amide bonds. The molecule has 1 fully saturated rings. The van der Waals surface area contributed by atoms with Crippen LogP contribution in [0.15, 0.2) is 36.4 Å². The summed E-state index contributed by atoms with van der Waals surface area (Å²) in [5.41, 5.74) is 1.69. The molecule has 0 spiro atoms. The Morgan fingerprint density at radius 2 is 1.89 bits per heavy atom. The van der Waals surface area contributed by atoms with E-state index in [1.807, 2.05) is 18.2 Å². The maximum Gasteiger partial charge on any atom is 0.321 e. The molecule has 27 heavy (non-hydrogen) atoms. The maximum absolute atomic E-state index is 12.6. The molecule has 2 aromatic carbocycles. The summed E-state index contributed by atoms with van der Waals surface area (Å²) in [7, 11) is 4.81. The predicted octanol–water partition coefficient (Wildman–Crippen LogP) is 4.39. The van der Waals surface area contributed by atoms with Crippen LogP contribution in [0.4, 0.5) is 10.5 Å². The van der Waals surface area contributed by atoms with Gasteiger partial charge in [0.05, 0.1) is 26.4 Å². The molecule has 1 atom stereocenters. The SMILES string of the molecule is COc1ccc(NC(=O)N2CCC(c3cccc(OC)c3OC)C2)cc1Cl. The van der Waals surface area contributed by atoms with Gasteiger partial charge in [0.1, 0.15) is 5.75 Å². The highest BCUT2D eigenvalue weighted by Crippen LogP contribution is 2.39. The molecule has 0 radical (unpaired) electrons. The summed E-state index contributed by atoms with van der Waals surface area (Å²) >= 11 is 6.12. The number of ether oxygens (including phenoxy) is 3. The van der Waals surface area contributed by atoms with Gasteiger partial charge in [0.2, 0.25) is 0 Å². The van der Waals surface area contributed by atoms with Crippen molar-refractivity contribution >= 4 is 23.3 Å². The largest absolute Gasteiger partial charge is 0.495 e. The number of urea groups is 1. The Labute approximate surface area is 164 Å². The Hall–Kier alpha value is -2.60. The molecule has 1 aliphatic rings. The van der Waals surface area contributed by atoms with E-state index < -0.39 is 0 Å². The lowest BCUT2D eigenvalue weighted by atomic mass is 9.97. The highest BCUT2D eigenvalue weighted by atomic mass is 35.5. The third-order valence-electron chi connectivity index (χ3n) is 4.75. The van der Waals surface area contributed by atoms with E-state index in [1.165, 1.54) is 0 Å². The summed E-state index contributed by atoms with van der Waals surface area (Å²) < 4.78 is 16.0. The zero-order valence-corrected chi connectivity index (χ0v) is 16.4. The number of nitrogens with zero attached hydrogens (tertiary/aromatic N) is 1. The molecule has 1 heterocycles. The van der Waals surface area contributed by atoms with E-state index in [-0.39, 0.29) is 11.9 Å². The Bertz CT molecular complexity index is 828. The van der Waals surface area contributed by atoms with Crippen LogP contribution in [0, 0.1) is 0 Å². The molecule has 1 N–H and O–H groups in total. The number of carbonyl (C=O) groups is 1. The minimum atomic E-state index is -0.152. The number of benzene rings is 2. The second kappa shape index (κ2) is 8.39. The van der Waals surface area contributed by atoms with Gasteiger partial charge in [-0.2, -0.15) is 0 Å². The van der Waals surface area contributed by atoms with Gasteiger partial charge in [0.25, 0.3) is 0 Å². The first kappa shape index (κ1) is 19.2. The molecule has 3 rings (SSSR count). The molecule has 0 saturated carbocycles. The van der Waals surface area contributed by atoms with E-state index in [9.17, 15) is 4.79 Å². The summed E-state index contributed by atoms with van der Waals surface area (Å²) in [6.45, 7) is 1.28. The van der Waals surface area contributed by atoms with Crippen molar-refractivity contribution in [3.05, 3.63) is 47.0 Å². The third kappa shape index (κ3) is 4.06. The number of amides is 2. The smallest absolute Gasteiger partial charge is 0.321 e. The van der Waals surface area contributed by atoms with E-state index in [2.05, 4.69) is 5.32 Å². The number of carbonyl (C=O) groups excluding carboxylic acids is 1. The second-order valence-electron chi connectivity index (χ2n) is 6.29. The quantitative estimate of drug-likeness (QED) is 0.822. The fourth-order valence-corrected chi connectivity index (χ4v) is 3.64. The molecule has 0 aromatic heterocycles. The van der Waals surface area contributed by atoms with Crippen LogP contribution in [0.2, 0.25) is 5.02 Å². The van der Waals surface area contributed by atoms with Crippen molar-refractivity contribution in [1.82, 2.24) is 4.90 Å². The summed E-state index contributed by atoms with van der Waals surface area (Å²) in [4.78, 5) is 14.4. The van der Waals surface area contributed by atoms with E-state index in [1.54, 1.807) is 44.4 Å². The van der Waals surface area contributed by atoms with Gasteiger partial charge in [0, 0.05) is 30.3 Å². The highest BCUT2D eigenvalue weighted by molar-refractivity contribution is 6.32. The van der Waals surface area contributed by atoms with E-state index in [0.29, 0.717) is 35.3 Å². The number of nitrogens with one attached hydrogen (secondary N) is 1. The van der Waals surface area contributed by atoms with E-state index in [4.69, 9.17) is 25.8 Å². The van der Waals surface area contributed by atoms with Crippen LogP contribution in [0.3, 0.4) is 0 Å². The van der Waals surface area contributed by atoms with Gasteiger partial charge in [-0.3, -0.25) is 0 Å². The summed E-state index contributed by atoms with van der Waals surface area (Å²) in [5.74, 6) is 2.20. The number of hydrogen-bond acceptors (Lipinski definition) is 4. The summed E-state index contributed by atoms with van der Waals surface area (Å²) in [6, 6.07) is 10.9. The Balaban J connectivity index is 1.69. The minimum absolute atomic E-state index is 0.152. The van der Waals surface area contributed by atoms with Gasteiger partial charge >= 0.3 is 6.03 Å². The molecule has 1 aliphatic heterocycles. The predicted molar refractivity (Wildman–Crippen MR) is 105 cm³/mol. The highest BCUT2D eigenvalue weighted by Gasteiger charge is 2.30. The summed E-state index contributed by atoms with van der Waals surface area (Å²) in [6.07, 6.45) is 0.861. The number of likely N-dealkylation sites (tertiary alicyclic amines) is 1. The lowest BCUT2D eigenvalue weighted by Crippen LogP contribution is -2.32. The first-order chi connectivity index (χ1) is 13.1. The van der Waals surface area contributed by atoms with Crippen LogP contribution in [0.25, 0.3) is 0 Å². The minimum Gasteiger partial charge on any atom is -0.495 e. The zero-order chi connectivity index (χ0) is 19.4. The molecule has 0 bridgehead atoms. The number of para-hydroxylation sites is 1.